The van der Waals surface area contributed by atoms with E-state index in [1.54, 1.807) is 48.5 Å². The monoisotopic (exact) mass is 389 g/mol. The molecule has 0 aliphatic carbocycles. The number of rotatable bonds is 7. The predicted octanol–water partition coefficient (Wildman–Crippen LogP) is 5.46. The van der Waals surface area contributed by atoms with E-state index in [0.29, 0.717) is 23.6 Å². The summed E-state index contributed by atoms with van der Waals surface area (Å²) in [5, 5.41) is 2.71. The van der Waals surface area contributed by atoms with Gasteiger partial charge in [0, 0.05) is 6.54 Å². The third kappa shape index (κ3) is 5.94. The van der Waals surface area contributed by atoms with Crippen molar-refractivity contribution >= 4 is 12.1 Å². The summed E-state index contributed by atoms with van der Waals surface area (Å²) < 4.78 is 10.6. The van der Waals surface area contributed by atoms with E-state index in [1.165, 1.54) is 0 Å². The third-order valence-electron chi connectivity index (χ3n) is 4.27. The van der Waals surface area contributed by atoms with Gasteiger partial charge in [-0.15, -0.1) is 0 Å². The van der Waals surface area contributed by atoms with Crippen molar-refractivity contribution < 1.29 is 19.1 Å². The highest BCUT2D eigenvalue weighted by atomic mass is 16.6. The van der Waals surface area contributed by atoms with Gasteiger partial charge in [0.15, 0.2) is 0 Å². The Bertz CT molecular complexity index is 935. The molecule has 148 valence electrons. The molecule has 29 heavy (non-hydrogen) atoms. The molecule has 0 spiro atoms. The minimum atomic E-state index is -0.448. The van der Waals surface area contributed by atoms with Crippen molar-refractivity contribution in [3.05, 3.63) is 84.4 Å². The minimum absolute atomic E-state index is 0.392. The van der Waals surface area contributed by atoms with Gasteiger partial charge in [-0.1, -0.05) is 55.8 Å². The van der Waals surface area contributed by atoms with Crippen molar-refractivity contribution in [3.8, 4) is 22.6 Å². The van der Waals surface area contributed by atoms with Crippen LogP contribution in [0.25, 0.3) is 11.1 Å². The van der Waals surface area contributed by atoms with E-state index in [2.05, 4.69) is 12.2 Å². The summed E-state index contributed by atoms with van der Waals surface area (Å²) in [6, 6.07) is 23.4. The molecule has 0 aliphatic rings. The maximum Gasteiger partial charge on any atom is 0.412 e. The molecule has 0 aromatic heterocycles. The number of ether oxygens (including phenoxy) is 2. The Morgan fingerprint density at radius 3 is 1.86 bits per heavy atom. The van der Waals surface area contributed by atoms with Crippen molar-refractivity contribution in [2.75, 3.05) is 6.54 Å². The normalized spacial score (nSPS) is 10.2. The summed E-state index contributed by atoms with van der Waals surface area (Å²) in [6.45, 7) is 2.67. The Hall–Kier alpha value is -3.60. The van der Waals surface area contributed by atoms with Gasteiger partial charge in [0.1, 0.15) is 11.5 Å². The van der Waals surface area contributed by atoms with Crippen molar-refractivity contribution in [1.82, 2.24) is 5.32 Å². The van der Waals surface area contributed by atoms with E-state index in [4.69, 9.17) is 9.47 Å². The van der Waals surface area contributed by atoms with Crippen LogP contribution in [0.5, 0.6) is 11.5 Å². The lowest BCUT2D eigenvalue weighted by molar-refractivity contribution is 0.0734. The van der Waals surface area contributed by atoms with Gasteiger partial charge in [-0.05, 0) is 53.9 Å². The Labute approximate surface area is 170 Å². The molecule has 5 heteroatoms. The maximum absolute atomic E-state index is 12.1. The van der Waals surface area contributed by atoms with E-state index in [0.717, 1.165) is 24.0 Å². The molecule has 0 unspecified atom stereocenters. The highest BCUT2D eigenvalue weighted by Crippen LogP contribution is 2.25. The summed E-state index contributed by atoms with van der Waals surface area (Å²) in [5.41, 5.74) is 2.43. The zero-order valence-electron chi connectivity index (χ0n) is 16.3. The number of carbonyl (C=O) groups is 2. The lowest BCUT2D eigenvalue weighted by atomic mass is 10.1. The summed E-state index contributed by atoms with van der Waals surface area (Å²) in [5.74, 6) is 0.569. The van der Waals surface area contributed by atoms with Gasteiger partial charge in [0.2, 0.25) is 0 Å². The topological polar surface area (TPSA) is 64.6 Å². The first-order valence-electron chi connectivity index (χ1n) is 9.59. The lowest BCUT2D eigenvalue weighted by Crippen LogP contribution is -2.27. The Morgan fingerprint density at radius 2 is 1.31 bits per heavy atom. The number of hydrogen-bond donors (Lipinski definition) is 1. The number of nitrogens with one attached hydrogen (secondary N) is 1. The quantitative estimate of drug-likeness (QED) is 0.331. The van der Waals surface area contributed by atoms with Gasteiger partial charge in [-0.2, -0.15) is 0 Å². The van der Waals surface area contributed by atoms with E-state index in [-0.39, 0.29) is 0 Å². The number of amides is 1. The van der Waals surface area contributed by atoms with E-state index in [1.807, 2.05) is 30.3 Å². The van der Waals surface area contributed by atoms with Crippen molar-refractivity contribution in [1.29, 1.82) is 0 Å². The zero-order chi connectivity index (χ0) is 20.5. The number of carbonyl (C=O) groups excluding carboxylic acids is 2. The van der Waals surface area contributed by atoms with Crippen LogP contribution < -0.4 is 14.8 Å². The van der Waals surface area contributed by atoms with E-state index >= 15 is 0 Å². The molecule has 0 fully saturated rings. The molecule has 1 amide bonds. The van der Waals surface area contributed by atoms with Gasteiger partial charge in [-0.3, -0.25) is 0 Å². The highest BCUT2D eigenvalue weighted by Gasteiger charge is 2.08. The van der Waals surface area contributed by atoms with Crippen LogP contribution in [-0.2, 0) is 0 Å². The molecular formula is C24H23NO4. The third-order valence-corrected chi connectivity index (χ3v) is 4.27. The highest BCUT2D eigenvalue weighted by molar-refractivity contribution is 5.91. The zero-order valence-corrected chi connectivity index (χ0v) is 16.3. The average Bonchev–Trinajstić information content (AvgIpc) is 2.76. The van der Waals surface area contributed by atoms with Gasteiger partial charge in [0.05, 0.1) is 5.56 Å². The Balaban J connectivity index is 1.58. The van der Waals surface area contributed by atoms with Crippen LogP contribution in [-0.4, -0.2) is 18.6 Å². The Kier molecular flexibility index (Phi) is 7.00. The second-order valence-electron chi connectivity index (χ2n) is 6.47. The first kappa shape index (κ1) is 20.1. The molecule has 3 aromatic carbocycles. The fourth-order valence-corrected chi connectivity index (χ4v) is 2.68. The first-order chi connectivity index (χ1) is 14.2. The van der Waals surface area contributed by atoms with Crippen LogP contribution in [0.3, 0.4) is 0 Å². The Morgan fingerprint density at radius 1 is 0.759 bits per heavy atom. The molecule has 1 N–H and O–H groups in total. The van der Waals surface area contributed by atoms with Crippen LogP contribution in [0.15, 0.2) is 78.9 Å². The molecule has 3 rings (SSSR count). The van der Waals surface area contributed by atoms with Crippen molar-refractivity contribution in [2.45, 2.75) is 19.8 Å². The van der Waals surface area contributed by atoms with Crippen molar-refractivity contribution in [3.63, 3.8) is 0 Å². The van der Waals surface area contributed by atoms with Crippen molar-refractivity contribution in [2.24, 2.45) is 0 Å². The molecule has 0 aliphatic heterocycles. The van der Waals surface area contributed by atoms with Crippen LogP contribution in [0.4, 0.5) is 4.79 Å². The largest absolute Gasteiger partial charge is 0.423 e. The minimum Gasteiger partial charge on any atom is -0.423 e. The predicted molar refractivity (Wildman–Crippen MR) is 112 cm³/mol. The average molecular weight is 389 g/mol. The first-order valence-corrected chi connectivity index (χ1v) is 9.59. The molecular weight excluding hydrogens is 366 g/mol. The lowest BCUT2D eigenvalue weighted by Gasteiger charge is -2.08. The molecule has 0 saturated heterocycles. The summed E-state index contributed by atoms with van der Waals surface area (Å²) in [4.78, 5) is 23.8. The van der Waals surface area contributed by atoms with Gasteiger partial charge >= 0.3 is 12.1 Å². The van der Waals surface area contributed by atoms with E-state index < -0.39 is 12.1 Å². The smallest absolute Gasteiger partial charge is 0.412 e. The molecule has 0 bridgehead atoms. The fraction of sp³-hybridized carbons (Fsp3) is 0.167. The second-order valence-corrected chi connectivity index (χ2v) is 6.47. The van der Waals surface area contributed by atoms with Gasteiger partial charge in [0.25, 0.3) is 0 Å². The number of esters is 1. The van der Waals surface area contributed by atoms with Gasteiger partial charge in [-0.25, -0.2) is 9.59 Å². The molecule has 3 aromatic rings. The van der Waals surface area contributed by atoms with Crippen LogP contribution in [0.1, 0.15) is 30.1 Å². The molecule has 0 saturated carbocycles. The van der Waals surface area contributed by atoms with Crippen LogP contribution in [0, 0.1) is 0 Å². The van der Waals surface area contributed by atoms with Crippen LogP contribution >= 0.6 is 0 Å². The molecule has 5 nitrogen and oxygen atoms in total. The summed E-state index contributed by atoms with van der Waals surface area (Å²) in [6.07, 6.45) is 1.49. The number of benzene rings is 3. The summed E-state index contributed by atoms with van der Waals surface area (Å²) in [7, 11) is 0. The second kappa shape index (κ2) is 10.1. The van der Waals surface area contributed by atoms with E-state index in [9.17, 15) is 9.59 Å². The number of hydrogen-bond acceptors (Lipinski definition) is 4. The standard InChI is InChI=1S/C24H23NO4/c1-2-3-17-25-24(27)29-22-15-11-19(12-16-22)18-9-13-21(14-10-18)28-23(26)20-7-5-4-6-8-20/h4-16H,2-3,17H2,1H3,(H,25,27). The summed E-state index contributed by atoms with van der Waals surface area (Å²) >= 11 is 0. The molecule has 0 heterocycles. The van der Waals surface area contributed by atoms with Crippen LogP contribution in [0.2, 0.25) is 0 Å². The number of unbranched alkanes of at least 4 members (excludes halogenated alkanes) is 1. The molecule has 0 radical (unpaired) electrons. The SMILES string of the molecule is CCCCNC(=O)Oc1ccc(-c2ccc(OC(=O)c3ccccc3)cc2)cc1. The molecule has 0 atom stereocenters. The van der Waals surface area contributed by atoms with Gasteiger partial charge < -0.3 is 14.8 Å². The maximum atomic E-state index is 12.1. The fourth-order valence-electron chi connectivity index (χ4n) is 2.68.